The second-order valence-corrected chi connectivity index (χ2v) is 7.53. The van der Waals surface area contributed by atoms with E-state index in [-0.39, 0.29) is 12.4 Å². The van der Waals surface area contributed by atoms with Crippen molar-refractivity contribution in [3.8, 4) is 0 Å². The number of anilines is 2. The molecule has 1 aliphatic carbocycles. The monoisotopic (exact) mass is 372 g/mol. The molecule has 4 rings (SSSR count). The molecule has 5 heteroatoms. The summed E-state index contributed by atoms with van der Waals surface area (Å²) in [5.41, 5.74) is 5.17. The maximum Gasteiger partial charge on any atom is 0.225 e. The second-order valence-electron chi connectivity index (χ2n) is 7.53. The lowest BCUT2D eigenvalue weighted by Crippen LogP contribution is -2.35. The summed E-state index contributed by atoms with van der Waals surface area (Å²) in [5, 5.41) is 3.57. The Morgan fingerprint density at radius 2 is 1.81 bits per heavy atom. The van der Waals surface area contributed by atoms with Crippen molar-refractivity contribution in [1.82, 2.24) is 9.97 Å². The van der Waals surface area contributed by atoms with Gasteiger partial charge in [0.15, 0.2) is 0 Å². The van der Waals surface area contributed by atoms with Gasteiger partial charge in [0.1, 0.15) is 5.82 Å². The van der Waals surface area contributed by atoms with Crippen LogP contribution in [-0.4, -0.2) is 22.6 Å². The first-order valence-corrected chi connectivity index (χ1v) is 9.59. The zero-order valence-corrected chi connectivity index (χ0v) is 16.8. The molecule has 1 aromatic carbocycles. The largest absolute Gasteiger partial charge is 0.351 e. The van der Waals surface area contributed by atoms with Crippen molar-refractivity contribution >= 4 is 24.2 Å². The summed E-state index contributed by atoms with van der Waals surface area (Å²) in [4.78, 5) is 12.1. The van der Waals surface area contributed by atoms with Gasteiger partial charge in [0, 0.05) is 23.8 Å². The standard InChI is InChI=1S/C21H28N4.ClH/c1-14-15(2)22-21(23-18-9-5-6-10-18)24-20(14)25-13-12-17-8-4-7-11-19(17)16(25)3;/h4,7-8,11,16,18H,5-6,9-10,12-13H2,1-3H3,(H,22,23,24);1H. The van der Waals surface area contributed by atoms with E-state index in [1.807, 2.05) is 0 Å². The number of benzene rings is 1. The fraction of sp³-hybridized carbons (Fsp3) is 0.524. The number of halogens is 1. The summed E-state index contributed by atoms with van der Waals surface area (Å²) in [5.74, 6) is 1.89. The van der Waals surface area contributed by atoms with Gasteiger partial charge in [-0.1, -0.05) is 37.1 Å². The Balaban J connectivity index is 0.00000196. The molecule has 26 heavy (non-hydrogen) atoms. The van der Waals surface area contributed by atoms with E-state index in [2.05, 4.69) is 55.3 Å². The predicted octanol–water partition coefficient (Wildman–Crippen LogP) is 4.99. The van der Waals surface area contributed by atoms with Gasteiger partial charge in [0.05, 0.1) is 6.04 Å². The minimum atomic E-state index is 0. The molecule has 4 nitrogen and oxygen atoms in total. The topological polar surface area (TPSA) is 41.1 Å². The van der Waals surface area contributed by atoms with Crippen LogP contribution < -0.4 is 10.2 Å². The Morgan fingerprint density at radius 1 is 1.08 bits per heavy atom. The minimum Gasteiger partial charge on any atom is -0.351 e. The van der Waals surface area contributed by atoms with E-state index in [0.717, 1.165) is 30.4 Å². The lowest BCUT2D eigenvalue weighted by atomic mass is 9.93. The lowest BCUT2D eigenvalue weighted by molar-refractivity contribution is 0.613. The molecule has 1 aliphatic heterocycles. The van der Waals surface area contributed by atoms with Crippen LogP contribution >= 0.6 is 12.4 Å². The molecule has 1 unspecified atom stereocenters. The molecular formula is C21H29ClN4. The molecule has 2 aromatic rings. The van der Waals surface area contributed by atoms with Gasteiger partial charge in [-0.3, -0.25) is 0 Å². The van der Waals surface area contributed by atoms with Crippen molar-refractivity contribution in [2.75, 3.05) is 16.8 Å². The molecule has 0 radical (unpaired) electrons. The Morgan fingerprint density at radius 3 is 2.58 bits per heavy atom. The first-order chi connectivity index (χ1) is 12.1. The first kappa shape index (κ1) is 19.0. The molecule has 2 aliphatic rings. The highest BCUT2D eigenvalue weighted by molar-refractivity contribution is 5.85. The third-order valence-corrected chi connectivity index (χ3v) is 5.92. The highest BCUT2D eigenvalue weighted by atomic mass is 35.5. The minimum absolute atomic E-state index is 0. The number of hydrogen-bond acceptors (Lipinski definition) is 4. The molecule has 1 atom stereocenters. The summed E-state index contributed by atoms with van der Waals surface area (Å²) in [6, 6.07) is 9.68. The molecule has 1 fully saturated rings. The zero-order valence-electron chi connectivity index (χ0n) is 16.0. The summed E-state index contributed by atoms with van der Waals surface area (Å²) in [6.45, 7) is 7.55. The molecule has 0 bridgehead atoms. The summed E-state index contributed by atoms with van der Waals surface area (Å²) >= 11 is 0. The fourth-order valence-electron chi connectivity index (χ4n) is 4.27. The van der Waals surface area contributed by atoms with Crippen molar-refractivity contribution in [3.05, 3.63) is 46.6 Å². The Bertz CT molecular complexity index is 771. The van der Waals surface area contributed by atoms with E-state index in [1.165, 1.54) is 42.4 Å². The predicted molar refractivity (Wildman–Crippen MR) is 111 cm³/mol. The van der Waals surface area contributed by atoms with Crippen LogP contribution in [0.15, 0.2) is 24.3 Å². The Hall–Kier alpha value is -1.81. The van der Waals surface area contributed by atoms with Gasteiger partial charge in [0.25, 0.3) is 0 Å². The Kier molecular flexibility index (Phi) is 5.71. The molecule has 1 saturated carbocycles. The lowest BCUT2D eigenvalue weighted by Gasteiger charge is -2.37. The van der Waals surface area contributed by atoms with Crippen molar-refractivity contribution in [1.29, 1.82) is 0 Å². The summed E-state index contributed by atoms with van der Waals surface area (Å²) in [6.07, 6.45) is 6.18. The van der Waals surface area contributed by atoms with Gasteiger partial charge in [-0.15, -0.1) is 12.4 Å². The quantitative estimate of drug-likeness (QED) is 0.823. The van der Waals surface area contributed by atoms with Crippen molar-refractivity contribution in [2.45, 2.75) is 65.0 Å². The molecule has 140 valence electrons. The third kappa shape index (κ3) is 3.52. The maximum absolute atomic E-state index is 4.95. The third-order valence-electron chi connectivity index (χ3n) is 5.92. The van der Waals surface area contributed by atoms with Crippen LogP contribution in [-0.2, 0) is 6.42 Å². The molecule has 0 saturated heterocycles. The molecule has 0 amide bonds. The first-order valence-electron chi connectivity index (χ1n) is 9.59. The van der Waals surface area contributed by atoms with Gasteiger partial charge in [-0.05, 0) is 51.2 Å². The van der Waals surface area contributed by atoms with E-state index in [4.69, 9.17) is 9.97 Å². The second kappa shape index (κ2) is 7.83. The van der Waals surface area contributed by atoms with E-state index in [0.29, 0.717) is 12.1 Å². The van der Waals surface area contributed by atoms with E-state index in [9.17, 15) is 0 Å². The highest BCUT2D eigenvalue weighted by Gasteiger charge is 2.27. The molecule has 1 N–H and O–H groups in total. The number of hydrogen-bond donors (Lipinski definition) is 1. The fourth-order valence-corrected chi connectivity index (χ4v) is 4.27. The van der Waals surface area contributed by atoms with Crippen LogP contribution in [0.3, 0.4) is 0 Å². The Labute approximate surface area is 162 Å². The van der Waals surface area contributed by atoms with Crippen LogP contribution in [0.2, 0.25) is 0 Å². The summed E-state index contributed by atoms with van der Waals surface area (Å²) < 4.78 is 0. The molecular weight excluding hydrogens is 344 g/mol. The van der Waals surface area contributed by atoms with Gasteiger partial charge in [0.2, 0.25) is 5.95 Å². The number of nitrogens with zero attached hydrogens (tertiary/aromatic N) is 3. The van der Waals surface area contributed by atoms with Crippen LogP contribution in [0.5, 0.6) is 0 Å². The van der Waals surface area contributed by atoms with Crippen molar-refractivity contribution < 1.29 is 0 Å². The van der Waals surface area contributed by atoms with Gasteiger partial charge in [-0.2, -0.15) is 4.98 Å². The number of fused-ring (bicyclic) bond motifs is 1. The number of aryl methyl sites for hydroxylation is 1. The van der Waals surface area contributed by atoms with Crippen LogP contribution in [0.25, 0.3) is 0 Å². The smallest absolute Gasteiger partial charge is 0.225 e. The van der Waals surface area contributed by atoms with Gasteiger partial charge in [-0.25, -0.2) is 4.98 Å². The van der Waals surface area contributed by atoms with Crippen LogP contribution in [0.4, 0.5) is 11.8 Å². The average molecular weight is 373 g/mol. The summed E-state index contributed by atoms with van der Waals surface area (Å²) in [7, 11) is 0. The molecule has 1 aromatic heterocycles. The van der Waals surface area contributed by atoms with Gasteiger partial charge >= 0.3 is 0 Å². The zero-order chi connectivity index (χ0) is 17.4. The van der Waals surface area contributed by atoms with E-state index < -0.39 is 0 Å². The number of rotatable bonds is 3. The maximum atomic E-state index is 4.95. The van der Waals surface area contributed by atoms with Gasteiger partial charge < -0.3 is 10.2 Å². The van der Waals surface area contributed by atoms with Crippen molar-refractivity contribution in [2.24, 2.45) is 0 Å². The average Bonchev–Trinajstić information content (AvgIpc) is 3.12. The van der Waals surface area contributed by atoms with Crippen LogP contribution in [0, 0.1) is 13.8 Å². The SMILES string of the molecule is Cc1nc(NC2CCCC2)nc(N2CCc3ccccc3C2C)c1C.Cl. The number of aromatic nitrogens is 2. The van der Waals surface area contributed by atoms with E-state index >= 15 is 0 Å². The van der Waals surface area contributed by atoms with Crippen LogP contribution in [0.1, 0.15) is 61.0 Å². The van der Waals surface area contributed by atoms with E-state index in [1.54, 1.807) is 0 Å². The normalized spacial score (nSPS) is 19.8. The van der Waals surface area contributed by atoms with Crippen molar-refractivity contribution in [3.63, 3.8) is 0 Å². The highest BCUT2D eigenvalue weighted by Crippen LogP contribution is 2.35. The molecule has 0 spiro atoms. The number of nitrogens with one attached hydrogen (secondary N) is 1. The molecule has 2 heterocycles.